The minimum Gasteiger partial charge on any atom is -0.420 e. The van der Waals surface area contributed by atoms with Crippen LogP contribution in [0.25, 0.3) is 22.5 Å². The van der Waals surface area contributed by atoms with E-state index in [9.17, 15) is 13.2 Å². The number of fused-ring (bicyclic) bond motifs is 1. The topological polar surface area (TPSA) is 56.7 Å². The second-order valence-corrected chi connectivity index (χ2v) is 8.27. The van der Waals surface area contributed by atoms with Crippen molar-refractivity contribution in [2.75, 3.05) is 0 Å². The van der Waals surface area contributed by atoms with Crippen molar-refractivity contribution in [1.82, 2.24) is 19.7 Å². The molecular weight excluding hydrogens is 449 g/mol. The molecule has 0 fully saturated rings. The number of hydrogen-bond donors (Lipinski definition) is 0. The normalized spacial score (nSPS) is 11.8. The number of aromatic nitrogens is 4. The van der Waals surface area contributed by atoms with Gasteiger partial charge in [0.05, 0.1) is 28.9 Å². The van der Waals surface area contributed by atoms with Crippen molar-refractivity contribution in [1.29, 1.82) is 0 Å². The van der Waals surface area contributed by atoms with Gasteiger partial charge in [0, 0.05) is 5.56 Å². The molecule has 5 nitrogen and oxygen atoms in total. The summed E-state index contributed by atoms with van der Waals surface area (Å²) in [5.41, 5.74) is 2.03. The van der Waals surface area contributed by atoms with Crippen LogP contribution in [0.1, 0.15) is 17.0 Å². The Balaban J connectivity index is 1.46. The Bertz CT molecular complexity index is 1380. The fourth-order valence-corrected chi connectivity index (χ4v) is 4.30. The largest absolute Gasteiger partial charge is 0.420 e. The lowest BCUT2D eigenvalue weighted by Crippen LogP contribution is -2.05. The first-order valence-corrected chi connectivity index (χ1v) is 11.1. The van der Waals surface area contributed by atoms with Crippen LogP contribution in [0.2, 0.25) is 0 Å². The Morgan fingerprint density at radius 3 is 2.33 bits per heavy atom. The van der Waals surface area contributed by atoms with Crippen molar-refractivity contribution < 1.29 is 17.6 Å². The molecular formula is C24H17F3N4OS. The lowest BCUT2D eigenvalue weighted by atomic mass is 10.2. The number of benzene rings is 3. The molecule has 9 heteroatoms. The van der Waals surface area contributed by atoms with Gasteiger partial charge in [-0.05, 0) is 35.9 Å². The molecule has 0 radical (unpaired) electrons. The van der Waals surface area contributed by atoms with Crippen LogP contribution in [0, 0.1) is 0 Å². The van der Waals surface area contributed by atoms with Crippen LogP contribution in [-0.4, -0.2) is 19.7 Å². The standard InChI is InChI=1S/C24H17F3N4OS/c25-24(26,27)18-11-12-20-19(13-18)28-23(31(20)14-16-7-3-1-4-8-16)33-15-21-29-30-22(32-21)17-9-5-2-6-10-17/h1-13H,14-15H2. The first-order chi connectivity index (χ1) is 16.0. The van der Waals surface area contributed by atoms with Gasteiger partial charge in [-0.15, -0.1) is 10.2 Å². The predicted octanol–water partition coefficient (Wildman–Crippen LogP) is 6.45. The lowest BCUT2D eigenvalue weighted by Gasteiger charge is -2.09. The van der Waals surface area contributed by atoms with Crippen molar-refractivity contribution in [3.63, 3.8) is 0 Å². The Labute approximate surface area is 191 Å². The van der Waals surface area contributed by atoms with Gasteiger partial charge in [-0.3, -0.25) is 0 Å². The lowest BCUT2D eigenvalue weighted by molar-refractivity contribution is -0.137. The van der Waals surface area contributed by atoms with Gasteiger partial charge in [-0.25, -0.2) is 4.98 Å². The average molecular weight is 466 g/mol. The van der Waals surface area contributed by atoms with E-state index in [4.69, 9.17) is 4.42 Å². The van der Waals surface area contributed by atoms with E-state index in [1.54, 1.807) is 0 Å². The SMILES string of the molecule is FC(F)(F)c1ccc2c(c1)nc(SCc1nnc(-c3ccccc3)o1)n2Cc1ccccc1. The predicted molar refractivity (Wildman–Crippen MR) is 120 cm³/mol. The fourth-order valence-electron chi connectivity index (χ4n) is 3.45. The van der Waals surface area contributed by atoms with E-state index in [2.05, 4.69) is 15.2 Å². The third-order valence-corrected chi connectivity index (χ3v) is 6.00. The summed E-state index contributed by atoms with van der Waals surface area (Å²) in [6.07, 6.45) is -4.43. The maximum Gasteiger partial charge on any atom is 0.416 e. The molecule has 0 spiro atoms. The summed E-state index contributed by atoms with van der Waals surface area (Å²) in [5.74, 6) is 1.16. The Hall–Kier alpha value is -3.59. The van der Waals surface area contributed by atoms with Gasteiger partial charge in [-0.1, -0.05) is 60.3 Å². The molecule has 5 aromatic rings. The van der Waals surface area contributed by atoms with E-state index in [1.807, 2.05) is 65.2 Å². The maximum absolute atomic E-state index is 13.2. The summed E-state index contributed by atoms with van der Waals surface area (Å²) in [4.78, 5) is 4.50. The molecule has 0 bridgehead atoms. The molecule has 5 rings (SSSR count). The fraction of sp³-hybridized carbons (Fsp3) is 0.125. The second-order valence-electron chi connectivity index (χ2n) is 7.32. The molecule has 2 aromatic heterocycles. The van der Waals surface area contributed by atoms with E-state index in [0.717, 1.165) is 23.3 Å². The summed E-state index contributed by atoms with van der Waals surface area (Å²) in [7, 11) is 0. The highest BCUT2D eigenvalue weighted by atomic mass is 32.2. The van der Waals surface area contributed by atoms with E-state index in [-0.39, 0.29) is 0 Å². The monoisotopic (exact) mass is 466 g/mol. The van der Waals surface area contributed by atoms with Crippen molar-refractivity contribution in [2.45, 2.75) is 23.6 Å². The van der Waals surface area contributed by atoms with Gasteiger partial charge in [0.1, 0.15) is 0 Å². The molecule has 2 heterocycles. The third-order valence-electron chi connectivity index (χ3n) is 5.04. The highest BCUT2D eigenvalue weighted by Gasteiger charge is 2.31. The highest BCUT2D eigenvalue weighted by Crippen LogP contribution is 2.34. The number of rotatable bonds is 6. The van der Waals surface area contributed by atoms with Gasteiger partial charge in [-0.2, -0.15) is 13.2 Å². The number of nitrogens with zero attached hydrogens (tertiary/aromatic N) is 4. The maximum atomic E-state index is 13.2. The Kier molecular flexibility index (Phi) is 5.63. The summed E-state index contributed by atoms with van der Waals surface area (Å²) in [5, 5.41) is 8.76. The van der Waals surface area contributed by atoms with Crippen molar-refractivity contribution in [3.8, 4) is 11.5 Å². The number of imidazole rings is 1. The first-order valence-electron chi connectivity index (χ1n) is 10.1. The second kappa shape index (κ2) is 8.74. The molecule has 33 heavy (non-hydrogen) atoms. The molecule has 166 valence electrons. The average Bonchev–Trinajstić information content (AvgIpc) is 3.43. The Morgan fingerprint density at radius 2 is 1.61 bits per heavy atom. The van der Waals surface area contributed by atoms with Crippen LogP contribution in [0.4, 0.5) is 13.2 Å². The van der Waals surface area contributed by atoms with Gasteiger partial charge < -0.3 is 8.98 Å². The van der Waals surface area contributed by atoms with Gasteiger partial charge >= 0.3 is 6.18 Å². The molecule has 0 aliphatic heterocycles. The van der Waals surface area contributed by atoms with Crippen LogP contribution in [0.3, 0.4) is 0 Å². The first kappa shape index (κ1) is 21.3. The molecule has 0 aliphatic rings. The number of hydrogen-bond acceptors (Lipinski definition) is 5. The molecule has 0 unspecified atom stereocenters. The zero-order valence-electron chi connectivity index (χ0n) is 17.2. The van der Waals surface area contributed by atoms with E-state index < -0.39 is 11.7 Å². The van der Waals surface area contributed by atoms with E-state index in [0.29, 0.717) is 40.3 Å². The zero-order valence-corrected chi connectivity index (χ0v) is 18.0. The summed E-state index contributed by atoms with van der Waals surface area (Å²) >= 11 is 1.34. The summed E-state index contributed by atoms with van der Waals surface area (Å²) in [6, 6.07) is 22.8. The minimum atomic E-state index is -4.43. The van der Waals surface area contributed by atoms with Crippen LogP contribution in [-0.2, 0) is 18.5 Å². The number of alkyl halides is 3. The van der Waals surface area contributed by atoms with E-state index >= 15 is 0 Å². The molecule has 0 saturated carbocycles. The van der Waals surface area contributed by atoms with Gasteiger partial charge in [0.25, 0.3) is 0 Å². The minimum absolute atomic E-state index is 0.291. The Morgan fingerprint density at radius 1 is 0.879 bits per heavy atom. The van der Waals surface area contributed by atoms with Crippen molar-refractivity contribution >= 4 is 22.8 Å². The molecule has 0 N–H and O–H groups in total. The van der Waals surface area contributed by atoms with Gasteiger partial charge in [0.15, 0.2) is 5.16 Å². The molecule has 0 atom stereocenters. The summed E-state index contributed by atoms with van der Waals surface area (Å²) < 4.78 is 47.3. The van der Waals surface area contributed by atoms with Crippen LogP contribution in [0.5, 0.6) is 0 Å². The van der Waals surface area contributed by atoms with Gasteiger partial charge in [0.2, 0.25) is 11.8 Å². The number of thioether (sulfide) groups is 1. The molecule has 0 saturated heterocycles. The molecule has 0 amide bonds. The van der Waals surface area contributed by atoms with Crippen molar-refractivity contribution in [2.24, 2.45) is 0 Å². The summed E-state index contributed by atoms with van der Waals surface area (Å²) in [6.45, 7) is 0.476. The van der Waals surface area contributed by atoms with E-state index in [1.165, 1.54) is 17.8 Å². The zero-order chi connectivity index (χ0) is 22.8. The molecule has 0 aliphatic carbocycles. The van der Waals surface area contributed by atoms with Crippen LogP contribution >= 0.6 is 11.8 Å². The van der Waals surface area contributed by atoms with Crippen LogP contribution < -0.4 is 0 Å². The van der Waals surface area contributed by atoms with Crippen molar-refractivity contribution in [3.05, 3.63) is 95.9 Å². The smallest absolute Gasteiger partial charge is 0.416 e. The molecule has 3 aromatic carbocycles. The van der Waals surface area contributed by atoms with Crippen LogP contribution in [0.15, 0.2) is 88.4 Å². The highest BCUT2D eigenvalue weighted by molar-refractivity contribution is 7.98. The number of halogens is 3. The quantitative estimate of drug-likeness (QED) is 0.269. The third kappa shape index (κ3) is 4.63.